The van der Waals surface area contributed by atoms with Crippen molar-refractivity contribution in [2.24, 2.45) is 5.92 Å². The molecule has 6 heteroatoms. The number of nitrogens with one attached hydrogen (secondary N) is 1. The van der Waals surface area contributed by atoms with Gasteiger partial charge in [-0.05, 0) is 18.8 Å². The molecular formula is C11H18N4O2. The second-order valence-electron chi connectivity index (χ2n) is 4.44. The largest absolute Gasteiger partial charge is 0.383 e. The minimum absolute atomic E-state index is 0.133. The van der Waals surface area contributed by atoms with Crippen molar-refractivity contribution in [3.8, 4) is 0 Å². The summed E-state index contributed by atoms with van der Waals surface area (Å²) in [4.78, 5) is 13.5. The highest BCUT2D eigenvalue weighted by Crippen LogP contribution is 2.28. The summed E-state index contributed by atoms with van der Waals surface area (Å²) in [6.45, 7) is 1.95. The number of likely N-dealkylation sites (N-methyl/N-ethyl adjacent to an activating group) is 1. The third-order valence-corrected chi connectivity index (χ3v) is 2.87. The number of nitrogen functional groups attached to an aromatic ring is 1. The highest BCUT2D eigenvalue weighted by atomic mass is 16.5. The van der Waals surface area contributed by atoms with Crippen molar-refractivity contribution in [3.05, 3.63) is 11.8 Å². The molecule has 0 saturated heterocycles. The van der Waals surface area contributed by atoms with E-state index in [1.807, 2.05) is 0 Å². The van der Waals surface area contributed by atoms with Crippen molar-refractivity contribution < 1.29 is 9.53 Å². The van der Waals surface area contributed by atoms with Crippen LogP contribution in [-0.2, 0) is 4.74 Å². The average molecular weight is 238 g/mol. The van der Waals surface area contributed by atoms with E-state index < -0.39 is 0 Å². The number of ether oxygens (including phenoxy) is 1. The van der Waals surface area contributed by atoms with Gasteiger partial charge in [0.1, 0.15) is 11.4 Å². The van der Waals surface area contributed by atoms with Crippen molar-refractivity contribution in [2.75, 3.05) is 32.5 Å². The first-order valence-electron chi connectivity index (χ1n) is 5.80. The van der Waals surface area contributed by atoms with Crippen LogP contribution in [0.1, 0.15) is 23.2 Å². The molecule has 0 aromatic carbocycles. The van der Waals surface area contributed by atoms with Crippen LogP contribution in [0.5, 0.6) is 0 Å². The fourth-order valence-corrected chi connectivity index (χ4v) is 1.51. The molecule has 2 rings (SSSR count). The highest BCUT2D eigenvalue weighted by Gasteiger charge is 2.21. The quantitative estimate of drug-likeness (QED) is 0.706. The van der Waals surface area contributed by atoms with Crippen LogP contribution in [0.4, 0.5) is 5.82 Å². The summed E-state index contributed by atoms with van der Waals surface area (Å²) in [6.07, 6.45) is 4.00. The van der Waals surface area contributed by atoms with Crippen molar-refractivity contribution in [2.45, 2.75) is 12.8 Å². The molecule has 1 aliphatic carbocycles. The van der Waals surface area contributed by atoms with Gasteiger partial charge in [0, 0.05) is 20.2 Å². The molecule has 0 spiro atoms. The summed E-state index contributed by atoms with van der Waals surface area (Å²) in [6, 6.07) is 0. The van der Waals surface area contributed by atoms with Crippen LogP contribution in [-0.4, -0.2) is 47.8 Å². The average Bonchev–Trinajstić information content (AvgIpc) is 3.04. The van der Waals surface area contributed by atoms with Gasteiger partial charge in [-0.1, -0.05) is 0 Å². The summed E-state index contributed by atoms with van der Waals surface area (Å²) in [5.41, 5.74) is 6.00. The molecule has 0 radical (unpaired) electrons. The van der Waals surface area contributed by atoms with E-state index >= 15 is 0 Å². The molecule has 1 aromatic heterocycles. The number of hydrogen-bond donors (Lipinski definition) is 2. The Morgan fingerprint density at radius 2 is 2.47 bits per heavy atom. The molecular weight excluding hydrogens is 220 g/mol. The lowest BCUT2D eigenvalue weighted by molar-refractivity contribution is 0.0682. The molecule has 1 aromatic rings. The summed E-state index contributed by atoms with van der Waals surface area (Å²) in [5, 5.41) is 6.27. The van der Waals surface area contributed by atoms with Crippen LogP contribution < -0.4 is 5.73 Å². The van der Waals surface area contributed by atoms with Gasteiger partial charge in [0.2, 0.25) is 0 Å². The number of H-pyrrole nitrogens is 1. The van der Waals surface area contributed by atoms with Crippen molar-refractivity contribution in [1.29, 1.82) is 0 Å². The molecule has 1 heterocycles. The second-order valence-corrected chi connectivity index (χ2v) is 4.44. The molecule has 1 aliphatic rings. The van der Waals surface area contributed by atoms with Crippen LogP contribution in [0.2, 0.25) is 0 Å². The molecule has 6 nitrogen and oxygen atoms in total. The SMILES string of the molecule is CN(CCOCC1CC1)C(=O)c1cn[nH]c1N. The third kappa shape index (κ3) is 3.20. The zero-order chi connectivity index (χ0) is 12.3. The number of aromatic amines is 1. The van der Waals surface area contributed by atoms with Crippen molar-refractivity contribution >= 4 is 11.7 Å². The highest BCUT2D eigenvalue weighted by molar-refractivity contribution is 5.97. The molecule has 1 fully saturated rings. The van der Waals surface area contributed by atoms with Crippen LogP contribution in [0, 0.1) is 5.92 Å². The minimum Gasteiger partial charge on any atom is -0.383 e. The Morgan fingerprint density at radius 1 is 1.71 bits per heavy atom. The molecule has 3 N–H and O–H groups in total. The number of nitrogens with two attached hydrogens (primary N) is 1. The second kappa shape index (κ2) is 5.18. The summed E-state index contributed by atoms with van der Waals surface area (Å²) >= 11 is 0. The Hall–Kier alpha value is -1.56. The van der Waals surface area contributed by atoms with Crippen LogP contribution in [0.3, 0.4) is 0 Å². The fraction of sp³-hybridized carbons (Fsp3) is 0.636. The fourth-order valence-electron chi connectivity index (χ4n) is 1.51. The van der Waals surface area contributed by atoms with Crippen molar-refractivity contribution in [1.82, 2.24) is 15.1 Å². The van der Waals surface area contributed by atoms with Gasteiger partial charge in [0.05, 0.1) is 12.8 Å². The zero-order valence-corrected chi connectivity index (χ0v) is 9.98. The standard InChI is InChI=1S/C11H18N4O2/c1-15(4-5-17-7-8-2-3-8)11(16)9-6-13-14-10(9)12/h6,8H,2-5,7H2,1H3,(H3,12,13,14). The van der Waals surface area contributed by atoms with E-state index in [9.17, 15) is 4.79 Å². The number of hydrogen-bond acceptors (Lipinski definition) is 4. The van der Waals surface area contributed by atoms with E-state index in [-0.39, 0.29) is 5.91 Å². The first-order valence-corrected chi connectivity index (χ1v) is 5.80. The van der Waals surface area contributed by atoms with E-state index in [0.29, 0.717) is 24.5 Å². The first kappa shape index (κ1) is 11.9. The Bertz CT molecular complexity index is 387. The monoisotopic (exact) mass is 238 g/mol. The van der Waals surface area contributed by atoms with Gasteiger partial charge in [-0.2, -0.15) is 5.10 Å². The maximum atomic E-state index is 11.9. The van der Waals surface area contributed by atoms with E-state index in [2.05, 4.69) is 10.2 Å². The third-order valence-electron chi connectivity index (χ3n) is 2.87. The molecule has 0 aliphatic heterocycles. The lowest BCUT2D eigenvalue weighted by Crippen LogP contribution is -2.30. The molecule has 0 atom stereocenters. The first-order chi connectivity index (χ1) is 8.18. The van der Waals surface area contributed by atoms with Gasteiger partial charge in [-0.3, -0.25) is 9.89 Å². The van der Waals surface area contributed by atoms with E-state index in [1.54, 1.807) is 11.9 Å². The van der Waals surface area contributed by atoms with Crippen LogP contribution in [0.25, 0.3) is 0 Å². The normalized spacial score (nSPS) is 14.9. The Labute approximate surface area is 100 Å². The van der Waals surface area contributed by atoms with Gasteiger partial charge in [-0.25, -0.2) is 0 Å². The smallest absolute Gasteiger partial charge is 0.259 e. The minimum atomic E-state index is -0.133. The number of aromatic nitrogens is 2. The summed E-state index contributed by atoms with van der Waals surface area (Å²) in [7, 11) is 1.73. The lowest BCUT2D eigenvalue weighted by atomic mass is 10.3. The molecule has 1 amide bonds. The Kier molecular flexibility index (Phi) is 3.63. The van der Waals surface area contributed by atoms with E-state index in [4.69, 9.17) is 10.5 Å². The summed E-state index contributed by atoms with van der Waals surface area (Å²) < 4.78 is 5.48. The van der Waals surface area contributed by atoms with E-state index in [0.717, 1.165) is 12.5 Å². The van der Waals surface area contributed by atoms with Gasteiger partial charge in [0.15, 0.2) is 0 Å². The van der Waals surface area contributed by atoms with Gasteiger partial charge >= 0.3 is 0 Å². The maximum absolute atomic E-state index is 11.9. The molecule has 0 unspecified atom stereocenters. The predicted molar refractivity (Wildman–Crippen MR) is 63.5 cm³/mol. The number of rotatable bonds is 6. The number of anilines is 1. The Balaban J connectivity index is 1.72. The van der Waals surface area contributed by atoms with Crippen LogP contribution in [0.15, 0.2) is 6.20 Å². The number of carbonyl (C=O) groups is 1. The topological polar surface area (TPSA) is 84.2 Å². The molecule has 17 heavy (non-hydrogen) atoms. The Morgan fingerprint density at radius 3 is 3.06 bits per heavy atom. The summed E-state index contributed by atoms with van der Waals surface area (Å²) in [5.74, 6) is 0.924. The van der Waals surface area contributed by atoms with Gasteiger partial charge in [-0.15, -0.1) is 0 Å². The zero-order valence-electron chi connectivity index (χ0n) is 9.98. The van der Waals surface area contributed by atoms with Crippen molar-refractivity contribution in [3.63, 3.8) is 0 Å². The maximum Gasteiger partial charge on any atom is 0.259 e. The van der Waals surface area contributed by atoms with Crippen LogP contribution >= 0.6 is 0 Å². The van der Waals surface area contributed by atoms with E-state index in [1.165, 1.54) is 19.0 Å². The molecule has 0 bridgehead atoms. The van der Waals surface area contributed by atoms with Gasteiger partial charge in [0.25, 0.3) is 5.91 Å². The number of amides is 1. The number of nitrogens with zero attached hydrogens (tertiary/aromatic N) is 2. The molecule has 1 saturated carbocycles. The predicted octanol–water partition coefficient (Wildman–Crippen LogP) is 0.491. The van der Waals surface area contributed by atoms with Gasteiger partial charge < -0.3 is 15.4 Å². The molecule has 94 valence electrons. The lowest BCUT2D eigenvalue weighted by Gasteiger charge is -2.16. The number of carbonyl (C=O) groups excluding carboxylic acids is 1.